The van der Waals surface area contributed by atoms with Crippen LogP contribution in [0.5, 0.6) is 5.75 Å². The second-order valence-electron chi connectivity index (χ2n) is 7.51. The standard InChI is InChI=1S/C21H28N6O3S/c1-2-30-17-7-9-18(10-8-17)31(28,29)25-11-14-27-21-19(15-24-27)20(22-16-23-21)26-12-5-3-4-6-13-26/h7-10,15-16,25H,2-6,11-14H2,1H3. The largest absolute Gasteiger partial charge is 0.494 e. The molecule has 4 rings (SSSR count). The number of fused-ring (bicyclic) bond motifs is 1. The Balaban J connectivity index is 1.44. The van der Waals surface area contributed by atoms with E-state index >= 15 is 0 Å². The fourth-order valence-corrected chi connectivity index (χ4v) is 4.85. The van der Waals surface area contributed by atoms with Gasteiger partial charge in [-0.15, -0.1) is 0 Å². The van der Waals surface area contributed by atoms with Crippen molar-refractivity contribution >= 4 is 26.9 Å². The van der Waals surface area contributed by atoms with E-state index in [4.69, 9.17) is 4.74 Å². The van der Waals surface area contributed by atoms with Crippen LogP contribution in [0.1, 0.15) is 32.6 Å². The van der Waals surface area contributed by atoms with Crippen LogP contribution in [0.3, 0.4) is 0 Å². The molecule has 0 aliphatic carbocycles. The molecule has 9 nitrogen and oxygen atoms in total. The van der Waals surface area contributed by atoms with Gasteiger partial charge < -0.3 is 9.64 Å². The maximum atomic E-state index is 12.6. The molecule has 0 spiro atoms. The van der Waals surface area contributed by atoms with Gasteiger partial charge in [0, 0.05) is 19.6 Å². The van der Waals surface area contributed by atoms with Gasteiger partial charge in [-0.05, 0) is 44.0 Å². The van der Waals surface area contributed by atoms with Crippen LogP contribution < -0.4 is 14.4 Å². The monoisotopic (exact) mass is 444 g/mol. The predicted octanol–water partition coefficient (Wildman–Crippen LogP) is 2.58. The molecule has 1 aliphatic heterocycles. The third-order valence-electron chi connectivity index (χ3n) is 5.38. The molecule has 0 bridgehead atoms. The first-order chi connectivity index (χ1) is 15.1. The Labute approximate surface area is 182 Å². The first kappa shape index (κ1) is 21.5. The minimum atomic E-state index is -3.62. The van der Waals surface area contributed by atoms with Crippen LogP contribution in [0.25, 0.3) is 11.0 Å². The number of anilines is 1. The second kappa shape index (κ2) is 9.61. The summed E-state index contributed by atoms with van der Waals surface area (Å²) in [5, 5.41) is 5.34. The summed E-state index contributed by atoms with van der Waals surface area (Å²) in [5.41, 5.74) is 0.717. The highest BCUT2D eigenvalue weighted by atomic mass is 32.2. The molecule has 0 saturated carbocycles. The lowest BCUT2D eigenvalue weighted by atomic mass is 10.2. The second-order valence-corrected chi connectivity index (χ2v) is 9.27. The number of benzene rings is 1. The number of aromatic nitrogens is 4. The van der Waals surface area contributed by atoms with Gasteiger partial charge in [0.25, 0.3) is 0 Å². The van der Waals surface area contributed by atoms with Crippen molar-refractivity contribution in [1.82, 2.24) is 24.5 Å². The topological polar surface area (TPSA) is 102 Å². The van der Waals surface area contributed by atoms with Gasteiger partial charge in [0.1, 0.15) is 17.9 Å². The van der Waals surface area contributed by atoms with Gasteiger partial charge in [0.15, 0.2) is 5.65 Å². The molecule has 1 aliphatic rings. The maximum Gasteiger partial charge on any atom is 0.240 e. The highest BCUT2D eigenvalue weighted by molar-refractivity contribution is 7.89. The minimum Gasteiger partial charge on any atom is -0.494 e. The zero-order valence-corrected chi connectivity index (χ0v) is 18.5. The summed E-state index contributed by atoms with van der Waals surface area (Å²) >= 11 is 0. The minimum absolute atomic E-state index is 0.201. The van der Waals surface area contributed by atoms with Crippen LogP contribution >= 0.6 is 0 Å². The smallest absolute Gasteiger partial charge is 0.240 e. The number of sulfonamides is 1. The molecule has 166 valence electrons. The molecule has 1 N–H and O–H groups in total. The highest BCUT2D eigenvalue weighted by Gasteiger charge is 2.18. The summed E-state index contributed by atoms with van der Waals surface area (Å²) in [6, 6.07) is 6.38. The normalized spacial score (nSPS) is 15.2. The van der Waals surface area contributed by atoms with Crippen molar-refractivity contribution in [3.63, 3.8) is 0 Å². The molecule has 3 aromatic rings. The van der Waals surface area contributed by atoms with Crippen molar-refractivity contribution in [3.8, 4) is 5.75 Å². The van der Waals surface area contributed by atoms with E-state index < -0.39 is 10.0 Å². The Bertz CT molecular complexity index is 1110. The molecular weight excluding hydrogens is 416 g/mol. The number of rotatable bonds is 8. The van der Waals surface area contributed by atoms with E-state index in [2.05, 4.69) is 24.7 Å². The first-order valence-electron chi connectivity index (χ1n) is 10.7. The van der Waals surface area contributed by atoms with Crippen molar-refractivity contribution in [3.05, 3.63) is 36.8 Å². The third kappa shape index (κ3) is 4.96. The van der Waals surface area contributed by atoms with Crippen molar-refractivity contribution in [2.75, 3.05) is 31.1 Å². The number of ether oxygens (including phenoxy) is 1. The Morgan fingerprint density at radius 3 is 2.52 bits per heavy atom. The van der Waals surface area contributed by atoms with Crippen molar-refractivity contribution in [1.29, 1.82) is 0 Å². The SMILES string of the molecule is CCOc1ccc(S(=O)(=O)NCCn2ncc3c(N4CCCCCC4)ncnc32)cc1. The molecule has 1 saturated heterocycles. The Kier molecular flexibility index (Phi) is 6.67. The molecule has 0 unspecified atom stereocenters. The number of nitrogens with one attached hydrogen (secondary N) is 1. The van der Waals surface area contributed by atoms with Crippen molar-refractivity contribution in [2.24, 2.45) is 0 Å². The van der Waals surface area contributed by atoms with Gasteiger partial charge in [-0.1, -0.05) is 12.8 Å². The quantitative estimate of drug-likeness (QED) is 0.570. The van der Waals surface area contributed by atoms with Gasteiger partial charge in [0.05, 0.1) is 29.6 Å². The van der Waals surface area contributed by atoms with E-state index in [0.29, 0.717) is 18.9 Å². The van der Waals surface area contributed by atoms with Gasteiger partial charge >= 0.3 is 0 Å². The lowest BCUT2D eigenvalue weighted by molar-refractivity contribution is 0.340. The van der Waals surface area contributed by atoms with E-state index in [1.165, 1.54) is 25.0 Å². The van der Waals surface area contributed by atoms with Crippen LogP contribution in [0, 0.1) is 0 Å². The first-order valence-corrected chi connectivity index (χ1v) is 12.2. The summed E-state index contributed by atoms with van der Waals surface area (Å²) in [7, 11) is -3.62. The van der Waals surface area contributed by atoms with E-state index in [1.54, 1.807) is 29.3 Å². The van der Waals surface area contributed by atoms with Crippen LogP contribution in [-0.4, -0.2) is 54.4 Å². The van der Waals surface area contributed by atoms with Crippen LogP contribution in [0.15, 0.2) is 41.7 Å². The molecule has 1 aromatic carbocycles. The average molecular weight is 445 g/mol. The van der Waals surface area contributed by atoms with Gasteiger partial charge in [0.2, 0.25) is 10.0 Å². The molecule has 3 heterocycles. The fraction of sp³-hybridized carbons (Fsp3) is 0.476. The van der Waals surface area contributed by atoms with Gasteiger partial charge in [-0.2, -0.15) is 5.10 Å². The number of hydrogen-bond acceptors (Lipinski definition) is 7. The molecule has 1 fully saturated rings. The van der Waals surface area contributed by atoms with E-state index in [1.807, 2.05) is 6.92 Å². The number of nitrogens with zero attached hydrogens (tertiary/aromatic N) is 5. The van der Waals surface area contributed by atoms with Crippen molar-refractivity contribution in [2.45, 2.75) is 44.0 Å². The van der Waals surface area contributed by atoms with Gasteiger partial charge in [-0.3, -0.25) is 0 Å². The lowest BCUT2D eigenvalue weighted by Crippen LogP contribution is -2.28. The van der Waals surface area contributed by atoms with Crippen LogP contribution in [0.2, 0.25) is 0 Å². The lowest BCUT2D eigenvalue weighted by Gasteiger charge is -2.21. The average Bonchev–Trinajstić information content (AvgIpc) is 3.00. The highest BCUT2D eigenvalue weighted by Crippen LogP contribution is 2.25. The Hall–Kier alpha value is -2.72. The molecule has 31 heavy (non-hydrogen) atoms. The van der Waals surface area contributed by atoms with Crippen LogP contribution in [0.4, 0.5) is 5.82 Å². The molecule has 2 aromatic heterocycles. The van der Waals surface area contributed by atoms with E-state index in [9.17, 15) is 8.42 Å². The fourth-order valence-electron chi connectivity index (χ4n) is 3.83. The van der Waals surface area contributed by atoms with E-state index in [-0.39, 0.29) is 11.4 Å². The van der Waals surface area contributed by atoms with E-state index in [0.717, 1.165) is 42.8 Å². The van der Waals surface area contributed by atoms with Crippen molar-refractivity contribution < 1.29 is 13.2 Å². The zero-order chi connectivity index (χ0) is 21.7. The molecule has 0 amide bonds. The maximum absolute atomic E-state index is 12.6. The summed E-state index contributed by atoms with van der Waals surface area (Å²) in [5.74, 6) is 1.55. The summed E-state index contributed by atoms with van der Waals surface area (Å²) in [6.07, 6.45) is 8.15. The third-order valence-corrected chi connectivity index (χ3v) is 6.86. The van der Waals surface area contributed by atoms with Crippen LogP contribution in [-0.2, 0) is 16.6 Å². The molecular formula is C21H28N6O3S. The zero-order valence-electron chi connectivity index (χ0n) is 17.7. The Morgan fingerprint density at radius 2 is 1.81 bits per heavy atom. The number of hydrogen-bond donors (Lipinski definition) is 1. The summed E-state index contributed by atoms with van der Waals surface area (Å²) in [4.78, 5) is 11.4. The predicted molar refractivity (Wildman–Crippen MR) is 119 cm³/mol. The summed E-state index contributed by atoms with van der Waals surface area (Å²) < 4.78 is 34.9. The summed E-state index contributed by atoms with van der Waals surface area (Å²) in [6.45, 7) is 4.96. The molecule has 10 heteroatoms. The Morgan fingerprint density at radius 1 is 1.06 bits per heavy atom. The molecule has 0 atom stereocenters. The van der Waals surface area contributed by atoms with Gasteiger partial charge in [-0.25, -0.2) is 27.8 Å². The molecule has 0 radical (unpaired) electrons.